The molecular formula is C5H3N2. The number of nitrogens with zero attached hydrogens (tertiary/aromatic N) is 1. The average Bonchev–Trinajstić information content (AvgIpc) is 2.14. The molecule has 0 aliphatic heterocycles. The van der Waals surface area contributed by atoms with Crippen molar-refractivity contribution in [2.75, 3.05) is 0 Å². The molecule has 0 atom stereocenters. The molecule has 2 heteroatoms. The molecule has 0 unspecified atom stereocenters. The Balaban J connectivity index is 3.04. The van der Waals surface area contributed by atoms with Gasteiger partial charge >= 0.3 is 0 Å². The van der Waals surface area contributed by atoms with Gasteiger partial charge in [0.15, 0.2) is 0 Å². The predicted molar refractivity (Wildman–Crippen MR) is 24.8 cm³/mol. The largest absolute Gasteiger partial charge is 0.284 e. The van der Waals surface area contributed by atoms with Crippen LogP contribution < -0.4 is 0 Å². The second-order valence-corrected chi connectivity index (χ2v) is 1.08. The molecule has 1 radical (unpaired) electrons. The van der Waals surface area contributed by atoms with Crippen LogP contribution >= 0.6 is 0 Å². The molecule has 0 aliphatic carbocycles. The van der Waals surface area contributed by atoms with Crippen molar-refractivity contribution in [3.05, 3.63) is 24.4 Å². The topological polar surface area (TPSA) is 28.7 Å². The van der Waals surface area contributed by atoms with Gasteiger partial charge in [0, 0.05) is 6.20 Å². The van der Waals surface area contributed by atoms with Crippen LogP contribution in [0.3, 0.4) is 0 Å². The first-order valence-corrected chi connectivity index (χ1v) is 1.86. The van der Waals surface area contributed by atoms with Crippen molar-refractivity contribution in [3.8, 4) is 5.92 Å². The molecule has 0 spiro atoms. The third-order valence-corrected chi connectivity index (χ3v) is 0.629. The third-order valence-electron chi connectivity index (χ3n) is 0.629. The van der Waals surface area contributed by atoms with E-state index in [1.165, 1.54) is 0 Å². The van der Waals surface area contributed by atoms with E-state index in [2.05, 4.69) is 16.1 Å². The number of nitrogens with one attached hydrogen (secondary N) is 1. The number of H-pyrrole nitrogens is 1. The molecule has 1 heterocycles. The molecule has 0 bridgehead atoms. The summed E-state index contributed by atoms with van der Waals surface area (Å²) in [5, 5.41) is 6.16. The first-order chi connectivity index (χ1) is 3.43. The SMILES string of the molecule is [C]#Cc1cc[nH]n1. The fraction of sp³-hybridized carbons (Fsp3) is 0. The first kappa shape index (κ1) is 3.94. The minimum atomic E-state index is 0.542. The summed E-state index contributed by atoms with van der Waals surface area (Å²) in [6.07, 6.45) is 8.18. The highest BCUT2D eigenvalue weighted by Gasteiger charge is 1.80. The van der Waals surface area contributed by atoms with Gasteiger partial charge < -0.3 is 0 Å². The van der Waals surface area contributed by atoms with E-state index < -0.39 is 0 Å². The monoisotopic (exact) mass is 91.0 g/mol. The van der Waals surface area contributed by atoms with E-state index in [-0.39, 0.29) is 0 Å². The standard InChI is InChI=1S/C5H3N2/c1-2-5-3-4-6-7-5/h3-4H,(H,6,7). The Morgan fingerprint density at radius 2 is 2.71 bits per heavy atom. The zero-order chi connectivity index (χ0) is 5.11. The Labute approximate surface area is 41.6 Å². The van der Waals surface area contributed by atoms with Crippen molar-refractivity contribution in [3.63, 3.8) is 0 Å². The van der Waals surface area contributed by atoms with Crippen LogP contribution in [-0.2, 0) is 0 Å². The number of rotatable bonds is 0. The Hall–Kier alpha value is -1.23. The minimum absolute atomic E-state index is 0.542. The number of aromatic nitrogens is 2. The number of hydrogen-bond acceptors (Lipinski definition) is 1. The molecule has 1 aromatic rings. The molecule has 7 heavy (non-hydrogen) atoms. The molecule has 2 nitrogen and oxygen atoms in total. The zero-order valence-corrected chi connectivity index (χ0v) is 3.60. The maximum absolute atomic E-state index is 6.53. The summed E-state index contributed by atoms with van der Waals surface area (Å²) in [7, 11) is 0. The van der Waals surface area contributed by atoms with Gasteiger partial charge in [-0.2, -0.15) is 5.10 Å². The lowest BCUT2D eigenvalue weighted by molar-refractivity contribution is 1.08. The van der Waals surface area contributed by atoms with Crippen molar-refractivity contribution in [1.29, 1.82) is 0 Å². The Morgan fingerprint density at radius 1 is 1.86 bits per heavy atom. The maximum atomic E-state index is 6.53. The smallest absolute Gasteiger partial charge is 0.135 e. The molecule has 33 valence electrons. The maximum Gasteiger partial charge on any atom is 0.135 e. The van der Waals surface area contributed by atoms with Crippen molar-refractivity contribution < 1.29 is 0 Å². The lowest BCUT2D eigenvalue weighted by atomic mass is 10.5. The highest BCUT2D eigenvalue weighted by atomic mass is 15.1. The van der Waals surface area contributed by atoms with Gasteiger partial charge in [0.2, 0.25) is 0 Å². The number of hydrogen-bond donors (Lipinski definition) is 1. The summed E-state index contributed by atoms with van der Waals surface area (Å²) in [4.78, 5) is 0. The number of aromatic amines is 1. The normalized spacial score (nSPS) is 7.86. The molecular weight excluding hydrogens is 88.1 g/mol. The van der Waals surface area contributed by atoms with Gasteiger partial charge in [-0.15, -0.1) is 0 Å². The molecule has 0 aliphatic rings. The molecule has 1 rings (SSSR count). The molecule has 1 N–H and O–H groups in total. The van der Waals surface area contributed by atoms with Crippen LogP contribution in [0.4, 0.5) is 0 Å². The van der Waals surface area contributed by atoms with Crippen molar-refractivity contribution in [1.82, 2.24) is 10.2 Å². The van der Waals surface area contributed by atoms with Gasteiger partial charge in [0.25, 0.3) is 0 Å². The van der Waals surface area contributed by atoms with E-state index in [0.29, 0.717) is 5.69 Å². The van der Waals surface area contributed by atoms with Crippen LogP contribution in [0.15, 0.2) is 12.3 Å². The summed E-state index contributed by atoms with van der Waals surface area (Å²) in [6.45, 7) is 0. The predicted octanol–water partition coefficient (Wildman–Crippen LogP) is 0.348. The molecule has 0 fully saturated rings. The van der Waals surface area contributed by atoms with E-state index in [4.69, 9.17) is 6.42 Å². The van der Waals surface area contributed by atoms with Crippen molar-refractivity contribution in [2.24, 2.45) is 0 Å². The Morgan fingerprint density at radius 3 is 3.00 bits per heavy atom. The summed E-state index contributed by atoms with van der Waals surface area (Å²) >= 11 is 0. The summed E-state index contributed by atoms with van der Waals surface area (Å²) in [6, 6.07) is 1.67. The highest BCUT2D eigenvalue weighted by Crippen LogP contribution is 1.83. The Bertz CT molecular complexity index is 168. The van der Waals surface area contributed by atoms with Gasteiger partial charge in [-0.25, -0.2) is 0 Å². The minimum Gasteiger partial charge on any atom is -0.284 e. The molecule has 0 aromatic carbocycles. The van der Waals surface area contributed by atoms with Gasteiger partial charge in [0.1, 0.15) is 5.69 Å². The molecule has 0 saturated carbocycles. The quantitative estimate of drug-likeness (QED) is 0.458. The zero-order valence-electron chi connectivity index (χ0n) is 3.60. The van der Waals surface area contributed by atoms with Gasteiger partial charge in [-0.1, -0.05) is 0 Å². The van der Waals surface area contributed by atoms with Crippen LogP contribution in [0, 0.1) is 12.3 Å². The van der Waals surface area contributed by atoms with Crippen molar-refractivity contribution in [2.45, 2.75) is 0 Å². The van der Waals surface area contributed by atoms with E-state index >= 15 is 0 Å². The van der Waals surface area contributed by atoms with E-state index in [1.54, 1.807) is 12.3 Å². The van der Waals surface area contributed by atoms with Crippen LogP contribution in [0.25, 0.3) is 0 Å². The fourth-order valence-corrected chi connectivity index (χ4v) is 0.330. The summed E-state index contributed by atoms with van der Waals surface area (Å²) in [5.41, 5.74) is 0.542. The van der Waals surface area contributed by atoms with Gasteiger partial charge in [0.05, 0.1) is 0 Å². The van der Waals surface area contributed by atoms with E-state index in [1.807, 2.05) is 0 Å². The van der Waals surface area contributed by atoms with Crippen LogP contribution in [0.2, 0.25) is 0 Å². The molecule has 0 amide bonds. The molecule has 0 saturated heterocycles. The fourth-order valence-electron chi connectivity index (χ4n) is 0.330. The average molecular weight is 91.1 g/mol. The summed E-state index contributed by atoms with van der Waals surface area (Å²) in [5.74, 6) is 2.11. The lowest BCUT2D eigenvalue weighted by Gasteiger charge is -1.65. The van der Waals surface area contributed by atoms with Gasteiger partial charge in [-0.3, -0.25) is 5.10 Å². The van der Waals surface area contributed by atoms with Crippen LogP contribution in [0.1, 0.15) is 5.69 Å². The summed E-state index contributed by atoms with van der Waals surface area (Å²) < 4.78 is 0. The highest BCUT2D eigenvalue weighted by molar-refractivity contribution is 5.17. The third kappa shape index (κ3) is 0.606. The van der Waals surface area contributed by atoms with E-state index in [9.17, 15) is 0 Å². The first-order valence-electron chi connectivity index (χ1n) is 1.86. The van der Waals surface area contributed by atoms with Crippen LogP contribution in [-0.4, -0.2) is 10.2 Å². The van der Waals surface area contributed by atoms with Crippen LogP contribution in [0.5, 0.6) is 0 Å². The second kappa shape index (κ2) is 1.48. The Kier molecular flexibility index (Phi) is 0.833. The second-order valence-electron chi connectivity index (χ2n) is 1.08. The molecule has 1 aromatic heterocycles. The van der Waals surface area contributed by atoms with Crippen molar-refractivity contribution >= 4 is 0 Å². The van der Waals surface area contributed by atoms with E-state index in [0.717, 1.165) is 0 Å². The lowest BCUT2D eigenvalue weighted by Crippen LogP contribution is -1.68. The van der Waals surface area contributed by atoms with Gasteiger partial charge in [-0.05, 0) is 18.4 Å².